The van der Waals surface area contributed by atoms with Gasteiger partial charge in [-0.05, 0) is 56.0 Å². The number of rotatable bonds is 6. The summed E-state index contributed by atoms with van der Waals surface area (Å²) in [5.74, 6) is 0.0377. The summed E-state index contributed by atoms with van der Waals surface area (Å²) in [5.41, 5.74) is 2.01. The lowest BCUT2D eigenvalue weighted by molar-refractivity contribution is -0.118. The number of ketones is 1. The smallest absolute Gasteiger partial charge is 0.148 e. The molecule has 1 aliphatic rings. The highest BCUT2D eigenvalue weighted by Crippen LogP contribution is 2.63. The zero-order valence-corrected chi connectivity index (χ0v) is 18.0. The fourth-order valence-corrected chi connectivity index (χ4v) is 4.75. The maximum Gasteiger partial charge on any atom is 0.148 e. The molecule has 154 valence electrons. The molecule has 3 N–H and O–H groups in total. The fourth-order valence-electron chi connectivity index (χ4n) is 2.97. The van der Waals surface area contributed by atoms with Gasteiger partial charge < -0.3 is 5.32 Å². The van der Waals surface area contributed by atoms with Gasteiger partial charge in [-0.25, -0.2) is 4.31 Å². The molecule has 2 aromatic rings. The molecule has 2 aromatic carbocycles. The molecule has 0 aromatic heterocycles. The second kappa shape index (κ2) is 8.71. The standard InChI is InChI=1S/C20H27N3O3S.ClH/c1-20(2,3)21-15-17(24)13-14-22-18-11-7-8-12-19(18)23(27(22,25)26)16-9-5-4-6-10-16;/h4-12,21,25-26H,13-15H2,1-3H3;1H. The zero-order chi connectivity index (χ0) is 19.7. The summed E-state index contributed by atoms with van der Waals surface area (Å²) in [6.07, 6.45) is 0.232. The third-order valence-electron chi connectivity index (χ3n) is 4.31. The molecule has 0 radical (unpaired) electrons. The molecular formula is C20H28ClN3O3S. The molecular weight excluding hydrogens is 398 g/mol. The maximum absolute atomic E-state index is 12.3. The Morgan fingerprint density at radius 1 is 1.00 bits per heavy atom. The Morgan fingerprint density at radius 2 is 1.57 bits per heavy atom. The van der Waals surface area contributed by atoms with Gasteiger partial charge in [-0.3, -0.25) is 18.2 Å². The van der Waals surface area contributed by atoms with Crippen LogP contribution >= 0.6 is 23.4 Å². The highest BCUT2D eigenvalue weighted by molar-refractivity contribution is 8.27. The van der Waals surface area contributed by atoms with Gasteiger partial charge in [0.1, 0.15) is 5.78 Å². The molecule has 0 spiro atoms. The van der Waals surface area contributed by atoms with E-state index < -0.39 is 11.0 Å². The molecule has 8 heteroatoms. The van der Waals surface area contributed by atoms with Gasteiger partial charge in [-0.1, -0.05) is 30.3 Å². The third kappa shape index (κ3) is 4.79. The molecule has 0 aliphatic carbocycles. The van der Waals surface area contributed by atoms with Gasteiger partial charge in [0.2, 0.25) is 0 Å². The van der Waals surface area contributed by atoms with Crippen LogP contribution in [0.3, 0.4) is 0 Å². The van der Waals surface area contributed by atoms with Crippen LogP contribution in [0, 0.1) is 0 Å². The Hall–Kier alpha value is -1.77. The lowest BCUT2D eigenvalue weighted by Gasteiger charge is -2.43. The molecule has 3 rings (SSSR count). The Balaban J connectivity index is 0.00000280. The highest BCUT2D eigenvalue weighted by atomic mass is 35.5. The number of hydrogen-bond acceptors (Lipinski definition) is 6. The van der Waals surface area contributed by atoms with Crippen LogP contribution in [0.15, 0.2) is 54.6 Å². The van der Waals surface area contributed by atoms with E-state index in [0.29, 0.717) is 5.69 Å². The molecule has 0 saturated carbocycles. The number of carbonyl (C=O) groups excluding carboxylic acids is 1. The van der Waals surface area contributed by atoms with E-state index in [-0.39, 0.29) is 43.2 Å². The molecule has 0 saturated heterocycles. The number of nitrogens with zero attached hydrogens (tertiary/aromatic N) is 2. The van der Waals surface area contributed by atoms with Gasteiger partial charge in [0.15, 0.2) is 0 Å². The van der Waals surface area contributed by atoms with Crippen molar-refractivity contribution in [3.8, 4) is 0 Å². The lowest BCUT2D eigenvalue weighted by Crippen LogP contribution is -2.40. The molecule has 6 nitrogen and oxygen atoms in total. The highest BCUT2D eigenvalue weighted by Gasteiger charge is 2.41. The first-order chi connectivity index (χ1) is 12.7. The van der Waals surface area contributed by atoms with Crippen LogP contribution in [-0.2, 0) is 4.79 Å². The SMILES string of the molecule is CC(C)(C)NCC(=O)CCN1c2ccccc2N(c2ccccc2)S1(O)O.Cl. The molecule has 28 heavy (non-hydrogen) atoms. The van der Waals surface area contributed by atoms with E-state index in [0.717, 1.165) is 11.4 Å². The van der Waals surface area contributed by atoms with E-state index >= 15 is 0 Å². The average molecular weight is 426 g/mol. The van der Waals surface area contributed by atoms with Crippen LogP contribution in [0.5, 0.6) is 0 Å². The number of fused-ring (bicyclic) bond motifs is 1. The van der Waals surface area contributed by atoms with Crippen molar-refractivity contribution in [1.29, 1.82) is 0 Å². The van der Waals surface area contributed by atoms with Gasteiger partial charge in [0.05, 0.1) is 23.6 Å². The van der Waals surface area contributed by atoms with Crippen molar-refractivity contribution >= 4 is 46.2 Å². The second-order valence-corrected chi connectivity index (χ2v) is 9.39. The molecule has 1 heterocycles. The van der Waals surface area contributed by atoms with Crippen molar-refractivity contribution in [2.45, 2.75) is 32.7 Å². The molecule has 0 fully saturated rings. The molecule has 0 bridgehead atoms. The van der Waals surface area contributed by atoms with Crippen molar-refractivity contribution in [3.63, 3.8) is 0 Å². The summed E-state index contributed by atoms with van der Waals surface area (Å²) >= 11 is 0. The number of para-hydroxylation sites is 3. The van der Waals surface area contributed by atoms with Crippen LogP contribution in [0.1, 0.15) is 27.2 Å². The average Bonchev–Trinajstić information content (AvgIpc) is 2.84. The van der Waals surface area contributed by atoms with E-state index in [1.165, 1.54) is 0 Å². The van der Waals surface area contributed by atoms with Crippen molar-refractivity contribution in [3.05, 3.63) is 54.6 Å². The summed E-state index contributed by atoms with van der Waals surface area (Å²) in [4.78, 5) is 12.3. The van der Waals surface area contributed by atoms with Gasteiger partial charge in [-0.2, -0.15) is 0 Å². The number of nitrogens with one attached hydrogen (secondary N) is 1. The number of hydrogen-bond donors (Lipinski definition) is 3. The largest absolute Gasteiger partial charge is 0.305 e. The number of halogens is 1. The van der Waals surface area contributed by atoms with Crippen molar-refractivity contribution < 1.29 is 13.9 Å². The Labute approximate surface area is 174 Å². The molecule has 0 atom stereocenters. The topological polar surface area (TPSA) is 76.0 Å². The summed E-state index contributed by atoms with van der Waals surface area (Å²) < 4.78 is 25.2. The normalized spacial score (nSPS) is 16.3. The van der Waals surface area contributed by atoms with Crippen LogP contribution in [0.4, 0.5) is 17.1 Å². The predicted octanol–water partition coefficient (Wildman–Crippen LogP) is 4.99. The van der Waals surface area contributed by atoms with E-state index in [2.05, 4.69) is 5.32 Å². The third-order valence-corrected chi connectivity index (χ3v) is 6.18. The van der Waals surface area contributed by atoms with E-state index in [4.69, 9.17) is 0 Å². The quantitative estimate of drug-likeness (QED) is 0.605. The maximum atomic E-state index is 12.3. The fraction of sp³-hybridized carbons (Fsp3) is 0.350. The zero-order valence-electron chi connectivity index (χ0n) is 16.3. The number of Topliss-reactive ketones (excluding diaryl/α,β-unsaturated/α-hetero) is 1. The minimum Gasteiger partial charge on any atom is -0.305 e. The van der Waals surface area contributed by atoms with Gasteiger partial charge in [-0.15, -0.1) is 12.4 Å². The summed E-state index contributed by atoms with van der Waals surface area (Å²) in [5, 5.41) is 3.17. The van der Waals surface area contributed by atoms with Crippen LogP contribution in [-0.4, -0.2) is 33.5 Å². The van der Waals surface area contributed by atoms with Crippen molar-refractivity contribution in [2.75, 3.05) is 21.7 Å². The Bertz CT molecular complexity index is 812. The Kier molecular flexibility index (Phi) is 7.01. The van der Waals surface area contributed by atoms with Gasteiger partial charge >= 0.3 is 0 Å². The second-order valence-electron chi connectivity index (χ2n) is 7.60. The Morgan fingerprint density at radius 3 is 2.18 bits per heavy atom. The predicted molar refractivity (Wildman–Crippen MR) is 120 cm³/mol. The lowest BCUT2D eigenvalue weighted by atomic mass is 10.1. The first-order valence-electron chi connectivity index (χ1n) is 8.97. The summed E-state index contributed by atoms with van der Waals surface area (Å²) in [7, 11) is -3.29. The van der Waals surface area contributed by atoms with Gasteiger partial charge in [0, 0.05) is 18.5 Å². The minimum atomic E-state index is -3.29. The molecule has 1 aliphatic heterocycles. The van der Waals surface area contributed by atoms with Crippen LogP contribution in [0.2, 0.25) is 0 Å². The van der Waals surface area contributed by atoms with Crippen molar-refractivity contribution in [2.24, 2.45) is 0 Å². The number of anilines is 3. The monoisotopic (exact) mass is 425 g/mol. The van der Waals surface area contributed by atoms with Crippen LogP contribution < -0.4 is 13.9 Å². The molecule has 0 amide bonds. The first kappa shape index (κ1) is 22.5. The number of benzene rings is 2. The summed E-state index contributed by atoms with van der Waals surface area (Å²) in [6.45, 7) is 6.52. The first-order valence-corrected chi connectivity index (χ1v) is 10.4. The van der Waals surface area contributed by atoms with Gasteiger partial charge in [0.25, 0.3) is 0 Å². The van der Waals surface area contributed by atoms with E-state index in [1.54, 1.807) is 8.61 Å². The summed E-state index contributed by atoms with van der Waals surface area (Å²) in [6, 6.07) is 16.7. The number of carbonyl (C=O) groups is 1. The van der Waals surface area contributed by atoms with E-state index in [1.807, 2.05) is 75.4 Å². The molecule has 0 unspecified atom stereocenters. The van der Waals surface area contributed by atoms with Crippen molar-refractivity contribution in [1.82, 2.24) is 5.32 Å². The van der Waals surface area contributed by atoms with E-state index in [9.17, 15) is 13.9 Å². The minimum absolute atomic E-state index is 0. The van der Waals surface area contributed by atoms with Crippen LogP contribution in [0.25, 0.3) is 0 Å².